The van der Waals surface area contributed by atoms with Crippen molar-refractivity contribution < 1.29 is 19.4 Å². The molecule has 0 fully saturated rings. The maximum Gasteiger partial charge on any atom is 0.350 e. The number of hydrogen-bond acceptors (Lipinski definition) is 4. The first kappa shape index (κ1) is 11.9. The molecule has 1 aromatic rings. The molecule has 0 amide bonds. The molecular formula is C13H16O4. The van der Waals surface area contributed by atoms with E-state index in [1.807, 2.05) is 19.1 Å². The molecule has 92 valence electrons. The summed E-state index contributed by atoms with van der Waals surface area (Å²) >= 11 is 0. The summed E-state index contributed by atoms with van der Waals surface area (Å²) in [6, 6.07) is 5.47. The number of carbonyl (C=O) groups is 1. The molecule has 0 unspecified atom stereocenters. The second kappa shape index (κ2) is 4.04. The highest BCUT2D eigenvalue weighted by Crippen LogP contribution is 2.41. The molecule has 0 radical (unpaired) electrons. The molecule has 1 aliphatic heterocycles. The molecule has 17 heavy (non-hydrogen) atoms. The number of aryl methyl sites for hydroxylation is 1. The van der Waals surface area contributed by atoms with E-state index in [1.165, 1.54) is 0 Å². The van der Waals surface area contributed by atoms with E-state index in [-0.39, 0.29) is 6.61 Å². The van der Waals surface area contributed by atoms with Gasteiger partial charge in [-0.15, -0.1) is 0 Å². The molecule has 0 aromatic heterocycles. The predicted molar refractivity (Wildman–Crippen MR) is 61.8 cm³/mol. The molecule has 0 saturated carbocycles. The lowest BCUT2D eigenvalue weighted by Gasteiger charge is -2.22. The smallest absolute Gasteiger partial charge is 0.350 e. The van der Waals surface area contributed by atoms with Crippen LogP contribution in [0.3, 0.4) is 0 Å². The molecular weight excluding hydrogens is 220 g/mol. The quantitative estimate of drug-likeness (QED) is 0.791. The maximum absolute atomic E-state index is 11.7. The minimum absolute atomic E-state index is 0.268. The molecule has 2 atom stereocenters. The Bertz CT molecular complexity index is 451. The van der Waals surface area contributed by atoms with Crippen LogP contribution in [0, 0.1) is 6.92 Å². The highest BCUT2D eigenvalue weighted by molar-refractivity contribution is 5.78. The van der Waals surface area contributed by atoms with E-state index in [0.717, 1.165) is 5.56 Å². The van der Waals surface area contributed by atoms with Crippen LogP contribution < -0.4 is 4.74 Å². The van der Waals surface area contributed by atoms with Crippen molar-refractivity contribution in [1.29, 1.82) is 0 Å². The van der Waals surface area contributed by atoms with Crippen molar-refractivity contribution in [1.82, 2.24) is 0 Å². The second-order valence-electron chi connectivity index (χ2n) is 4.40. The topological polar surface area (TPSA) is 55.8 Å². The van der Waals surface area contributed by atoms with E-state index >= 15 is 0 Å². The molecule has 1 heterocycles. The predicted octanol–water partition coefficient (Wildman–Crippen LogP) is 1.53. The molecule has 0 bridgehead atoms. The number of aliphatic hydroxyl groups is 1. The molecule has 2 rings (SSSR count). The zero-order valence-electron chi connectivity index (χ0n) is 10.2. The van der Waals surface area contributed by atoms with Crippen molar-refractivity contribution in [3.05, 3.63) is 29.3 Å². The van der Waals surface area contributed by atoms with Crippen LogP contribution >= 0.6 is 0 Å². The van der Waals surface area contributed by atoms with Crippen molar-refractivity contribution >= 4 is 5.97 Å². The fraction of sp³-hybridized carbons (Fsp3) is 0.462. The summed E-state index contributed by atoms with van der Waals surface area (Å²) in [5.74, 6) is 0.00464. The average Bonchev–Trinajstić information content (AvgIpc) is 2.51. The Morgan fingerprint density at radius 2 is 2.29 bits per heavy atom. The van der Waals surface area contributed by atoms with Crippen molar-refractivity contribution in [3.8, 4) is 5.75 Å². The van der Waals surface area contributed by atoms with Gasteiger partial charge in [0.25, 0.3) is 0 Å². The zero-order valence-corrected chi connectivity index (χ0v) is 10.2. The van der Waals surface area contributed by atoms with Crippen molar-refractivity contribution in [2.24, 2.45) is 0 Å². The first-order valence-electron chi connectivity index (χ1n) is 5.63. The van der Waals surface area contributed by atoms with E-state index in [0.29, 0.717) is 11.3 Å². The number of benzene rings is 1. The number of carbonyl (C=O) groups excluding carboxylic acids is 1. The van der Waals surface area contributed by atoms with Crippen molar-refractivity contribution in [3.63, 3.8) is 0 Å². The van der Waals surface area contributed by atoms with Gasteiger partial charge in [0, 0.05) is 5.56 Å². The number of fused-ring (bicyclic) bond motifs is 1. The minimum Gasteiger partial charge on any atom is -0.475 e. The van der Waals surface area contributed by atoms with E-state index < -0.39 is 17.7 Å². The van der Waals surface area contributed by atoms with Gasteiger partial charge in [0.15, 0.2) is 0 Å². The third-order valence-corrected chi connectivity index (χ3v) is 2.94. The van der Waals surface area contributed by atoms with Crippen molar-refractivity contribution in [2.45, 2.75) is 32.5 Å². The maximum atomic E-state index is 11.7. The van der Waals surface area contributed by atoms with Crippen LogP contribution in [0.15, 0.2) is 18.2 Å². The summed E-state index contributed by atoms with van der Waals surface area (Å²) in [7, 11) is 0. The molecule has 0 saturated heterocycles. The van der Waals surface area contributed by atoms with E-state index in [4.69, 9.17) is 9.47 Å². The van der Waals surface area contributed by atoms with Gasteiger partial charge in [0.1, 0.15) is 11.4 Å². The Hall–Kier alpha value is -1.55. The first-order chi connectivity index (χ1) is 7.96. The molecule has 4 heteroatoms. The van der Waals surface area contributed by atoms with Gasteiger partial charge in [0.05, 0.1) is 6.61 Å². The molecule has 1 N–H and O–H groups in total. The Morgan fingerprint density at radius 1 is 1.59 bits per heavy atom. The standard InChI is InChI=1S/C13H16O4/c1-4-16-12(14)11-13(3,15)9-7-8(2)5-6-10(9)17-11/h5-7,11,15H,4H2,1-3H3/t11-,13+/m1/s1. The lowest BCUT2D eigenvalue weighted by Crippen LogP contribution is -2.42. The third kappa shape index (κ3) is 1.89. The number of hydrogen-bond donors (Lipinski definition) is 1. The summed E-state index contributed by atoms with van der Waals surface area (Å²) in [6.45, 7) is 5.48. The molecule has 4 nitrogen and oxygen atoms in total. The highest BCUT2D eigenvalue weighted by atomic mass is 16.6. The number of ether oxygens (including phenoxy) is 2. The summed E-state index contributed by atoms with van der Waals surface area (Å²) in [4.78, 5) is 11.7. The average molecular weight is 236 g/mol. The summed E-state index contributed by atoms with van der Waals surface area (Å²) < 4.78 is 10.4. The van der Waals surface area contributed by atoms with Gasteiger partial charge in [-0.05, 0) is 32.9 Å². The molecule has 1 aliphatic rings. The van der Waals surface area contributed by atoms with Gasteiger partial charge in [-0.25, -0.2) is 4.79 Å². The fourth-order valence-electron chi connectivity index (χ4n) is 2.02. The molecule has 0 aliphatic carbocycles. The van der Waals surface area contributed by atoms with E-state index in [9.17, 15) is 9.90 Å². The van der Waals surface area contributed by atoms with Gasteiger partial charge < -0.3 is 14.6 Å². The summed E-state index contributed by atoms with van der Waals surface area (Å²) in [5, 5.41) is 10.4. The van der Waals surface area contributed by atoms with Crippen LogP contribution in [0.25, 0.3) is 0 Å². The zero-order chi connectivity index (χ0) is 12.6. The van der Waals surface area contributed by atoms with Gasteiger partial charge in [-0.3, -0.25) is 0 Å². The van der Waals surface area contributed by atoms with Crippen LogP contribution in [0.2, 0.25) is 0 Å². The molecule has 0 spiro atoms. The first-order valence-corrected chi connectivity index (χ1v) is 5.63. The Kier molecular flexibility index (Phi) is 2.83. The summed E-state index contributed by atoms with van der Waals surface area (Å²) in [5.41, 5.74) is 0.306. The number of esters is 1. The normalized spacial score (nSPS) is 26.2. The van der Waals surface area contributed by atoms with Crippen LogP contribution in [0.5, 0.6) is 5.75 Å². The van der Waals surface area contributed by atoms with Crippen molar-refractivity contribution in [2.75, 3.05) is 6.61 Å². The fourth-order valence-corrected chi connectivity index (χ4v) is 2.02. The lowest BCUT2D eigenvalue weighted by molar-refractivity contribution is -0.161. The number of rotatable bonds is 2. The van der Waals surface area contributed by atoms with Crippen LogP contribution in [0.4, 0.5) is 0 Å². The third-order valence-electron chi connectivity index (χ3n) is 2.94. The lowest BCUT2D eigenvalue weighted by atomic mass is 9.91. The Labute approximate surface area is 100 Å². The van der Waals surface area contributed by atoms with Gasteiger partial charge in [0.2, 0.25) is 6.10 Å². The SMILES string of the molecule is CCOC(=O)[C@H]1Oc2ccc(C)cc2[C@]1(C)O. The Morgan fingerprint density at radius 3 is 2.94 bits per heavy atom. The van der Waals surface area contributed by atoms with Gasteiger partial charge >= 0.3 is 5.97 Å². The molecule has 1 aromatic carbocycles. The summed E-state index contributed by atoms with van der Waals surface area (Å²) in [6.07, 6.45) is -0.987. The van der Waals surface area contributed by atoms with Gasteiger partial charge in [-0.1, -0.05) is 11.6 Å². The van der Waals surface area contributed by atoms with Crippen LogP contribution in [0.1, 0.15) is 25.0 Å². The Balaban J connectivity index is 2.36. The van der Waals surface area contributed by atoms with Gasteiger partial charge in [-0.2, -0.15) is 0 Å². The van der Waals surface area contributed by atoms with E-state index in [2.05, 4.69) is 0 Å². The van der Waals surface area contributed by atoms with E-state index in [1.54, 1.807) is 19.9 Å². The largest absolute Gasteiger partial charge is 0.475 e. The second-order valence-corrected chi connectivity index (χ2v) is 4.40. The van der Waals surface area contributed by atoms with Crippen LogP contribution in [-0.4, -0.2) is 23.8 Å². The minimum atomic E-state index is -1.34. The van der Waals surface area contributed by atoms with Crippen LogP contribution in [-0.2, 0) is 15.1 Å². The monoisotopic (exact) mass is 236 g/mol. The highest BCUT2D eigenvalue weighted by Gasteiger charge is 2.49.